The van der Waals surface area contributed by atoms with Crippen molar-refractivity contribution in [2.24, 2.45) is 0 Å². The Bertz CT molecular complexity index is 633. The number of piperazine rings is 1. The summed E-state index contributed by atoms with van der Waals surface area (Å²) >= 11 is 0. The molecule has 1 aromatic carbocycles. The van der Waals surface area contributed by atoms with Crippen LogP contribution >= 0.6 is 0 Å². The molecule has 110 valence electrons. The van der Waals surface area contributed by atoms with Crippen LogP contribution in [0.3, 0.4) is 0 Å². The minimum atomic E-state index is -0.133. The van der Waals surface area contributed by atoms with Crippen LogP contribution in [0, 0.1) is 6.92 Å². The fraction of sp³-hybridized carbons (Fsp3) is 0.375. The monoisotopic (exact) mass is 285 g/mol. The first-order chi connectivity index (χ1) is 10.1. The Balaban J connectivity index is 1.73. The van der Waals surface area contributed by atoms with Gasteiger partial charge in [-0.3, -0.25) is 9.69 Å². The van der Waals surface area contributed by atoms with Crippen LogP contribution in [0.1, 0.15) is 18.2 Å². The molecule has 0 saturated carbocycles. The van der Waals surface area contributed by atoms with Crippen LogP contribution < -0.4 is 5.32 Å². The molecule has 21 heavy (non-hydrogen) atoms. The van der Waals surface area contributed by atoms with E-state index in [4.69, 9.17) is 4.52 Å². The molecule has 0 bridgehead atoms. The molecular weight excluding hydrogens is 266 g/mol. The lowest BCUT2D eigenvalue weighted by Gasteiger charge is -2.31. The number of hydrogen-bond acceptors (Lipinski definition) is 4. The van der Waals surface area contributed by atoms with Gasteiger partial charge in [0.25, 0.3) is 0 Å². The average Bonchev–Trinajstić information content (AvgIpc) is 2.93. The van der Waals surface area contributed by atoms with Gasteiger partial charge in [-0.1, -0.05) is 35.0 Å². The maximum Gasteiger partial charge on any atom is 0.237 e. The van der Waals surface area contributed by atoms with Crippen molar-refractivity contribution < 1.29 is 9.32 Å². The van der Waals surface area contributed by atoms with Crippen LogP contribution in [0.5, 0.6) is 0 Å². The van der Waals surface area contributed by atoms with Gasteiger partial charge in [0.1, 0.15) is 5.69 Å². The summed E-state index contributed by atoms with van der Waals surface area (Å²) in [7, 11) is 0. The molecule has 1 saturated heterocycles. The van der Waals surface area contributed by atoms with Gasteiger partial charge in [-0.2, -0.15) is 0 Å². The van der Waals surface area contributed by atoms with E-state index in [-0.39, 0.29) is 11.9 Å². The normalized spacial score (nSPS) is 19.5. The predicted octanol–water partition coefficient (Wildman–Crippen LogP) is 1.97. The van der Waals surface area contributed by atoms with Crippen molar-refractivity contribution in [1.29, 1.82) is 0 Å². The Kier molecular flexibility index (Phi) is 3.75. The summed E-state index contributed by atoms with van der Waals surface area (Å²) in [6.07, 6.45) is 0. The van der Waals surface area contributed by atoms with Crippen molar-refractivity contribution in [3.05, 3.63) is 41.7 Å². The molecule has 1 amide bonds. The van der Waals surface area contributed by atoms with Crippen molar-refractivity contribution in [2.45, 2.75) is 26.4 Å². The van der Waals surface area contributed by atoms with E-state index < -0.39 is 0 Å². The minimum Gasteiger partial charge on any atom is -0.359 e. The van der Waals surface area contributed by atoms with E-state index in [2.05, 4.69) is 34.4 Å². The second-order valence-electron chi connectivity index (χ2n) is 5.48. The van der Waals surface area contributed by atoms with Crippen LogP contribution in [-0.4, -0.2) is 35.1 Å². The third-order valence-corrected chi connectivity index (χ3v) is 3.89. The molecule has 1 atom stereocenters. The fourth-order valence-electron chi connectivity index (χ4n) is 2.49. The van der Waals surface area contributed by atoms with Crippen molar-refractivity contribution in [3.63, 3.8) is 0 Å². The summed E-state index contributed by atoms with van der Waals surface area (Å²) < 4.78 is 5.41. The smallest absolute Gasteiger partial charge is 0.237 e. The maximum atomic E-state index is 11.7. The number of rotatable bonds is 3. The number of benzene rings is 1. The molecule has 1 aliphatic heterocycles. The molecule has 2 aromatic rings. The molecule has 5 heteroatoms. The highest BCUT2D eigenvalue weighted by Crippen LogP contribution is 2.21. The zero-order valence-corrected chi connectivity index (χ0v) is 12.3. The third kappa shape index (κ3) is 2.97. The van der Waals surface area contributed by atoms with E-state index in [1.807, 2.05) is 25.1 Å². The van der Waals surface area contributed by atoms with E-state index in [0.29, 0.717) is 13.1 Å². The Hall–Kier alpha value is -2.14. The average molecular weight is 285 g/mol. The molecule has 0 spiro atoms. The van der Waals surface area contributed by atoms with Crippen LogP contribution in [0.4, 0.5) is 0 Å². The minimum absolute atomic E-state index is 0.0690. The number of nitrogens with zero attached hydrogens (tertiary/aromatic N) is 2. The van der Waals surface area contributed by atoms with Gasteiger partial charge in [0, 0.05) is 24.7 Å². The van der Waals surface area contributed by atoms with Crippen molar-refractivity contribution in [2.75, 3.05) is 13.1 Å². The highest BCUT2D eigenvalue weighted by atomic mass is 16.5. The Morgan fingerprint density at radius 3 is 2.90 bits per heavy atom. The molecule has 1 fully saturated rings. The van der Waals surface area contributed by atoms with E-state index >= 15 is 0 Å². The SMILES string of the molecule is Cc1ccc(-c2cc(CN3CCNC(=O)C3C)on2)cc1. The van der Waals surface area contributed by atoms with Crippen LogP contribution in [0.25, 0.3) is 11.3 Å². The second kappa shape index (κ2) is 5.69. The standard InChI is InChI=1S/C16H19N3O2/c1-11-3-5-13(6-4-11)15-9-14(21-18-15)10-19-8-7-17-16(20)12(19)2/h3-6,9,12H,7-8,10H2,1-2H3,(H,17,20). The fourth-order valence-corrected chi connectivity index (χ4v) is 2.49. The number of amides is 1. The summed E-state index contributed by atoms with van der Waals surface area (Å²) in [6.45, 7) is 6.08. The highest BCUT2D eigenvalue weighted by molar-refractivity contribution is 5.81. The van der Waals surface area contributed by atoms with Gasteiger partial charge in [0.15, 0.2) is 5.76 Å². The lowest BCUT2D eigenvalue weighted by molar-refractivity contribution is -0.128. The van der Waals surface area contributed by atoms with Crippen molar-refractivity contribution in [3.8, 4) is 11.3 Å². The van der Waals surface area contributed by atoms with Crippen molar-refractivity contribution >= 4 is 5.91 Å². The molecule has 0 aliphatic carbocycles. The first-order valence-electron chi connectivity index (χ1n) is 7.18. The number of carbonyl (C=O) groups excluding carboxylic acids is 1. The summed E-state index contributed by atoms with van der Waals surface area (Å²) in [4.78, 5) is 13.7. The zero-order chi connectivity index (χ0) is 14.8. The van der Waals surface area contributed by atoms with Gasteiger partial charge in [0.2, 0.25) is 5.91 Å². The van der Waals surface area contributed by atoms with E-state index in [1.54, 1.807) is 0 Å². The Morgan fingerprint density at radius 2 is 2.14 bits per heavy atom. The molecule has 2 heterocycles. The topological polar surface area (TPSA) is 58.4 Å². The first-order valence-corrected chi connectivity index (χ1v) is 7.18. The largest absolute Gasteiger partial charge is 0.359 e. The first kappa shape index (κ1) is 13.8. The van der Waals surface area contributed by atoms with Gasteiger partial charge < -0.3 is 9.84 Å². The molecule has 0 radical (unpaired) electrons. The predicted molar refractivity (Wildman–Crippen MR) is 79.6 cm³/mol. The molecular formula is C16H19N3O2. The number of nitrogens with one attached hydrogen (secondary N) is 1. The van der Waals surface area contributed by atoms with E-state index in [9.17, 15) is 4.79 Å². The Morgan fingerprint density at radius 1 is 1.38 bits per heavy atom. The van der Waals surface area contributed by atoms with Crippen molar-refractivity contribution in [1.82, 2.24) is 15.4 Å². The molecule has 1 N–H and O–H groups in total. The number of hydrogen-bond donors (Lipinski definition) is 1. The molecule has 1 unspecified atom stereocenters. The molecule has 1 aliphatic rings. The van der Waals surface area contributed by atoms with Gasteiger partial charge in [-0.25, -0.2) is 0 Å². The van der Waals surface area contributed by atoms with E-state index in [0.717, 1.165) is 23.6 Å². The molecule has 5 nitrogen and oxygen atoms in total. The number of carbonyl (C=O) groups is 1. The van der Waals surface area contributed by atoms with Gasteiger partial charge >= 0.3 is 0 Å². The quantitative estimate of drug-likeness (QED) is 0.936. The lowest BCUT2D eigenvalue weighted by Crippen LogP contribution is -2.53. The molecule has 3 rings (SSSR count). The summed E-state index contributed by atoms with van der Waals surface area (Å²) in [6, 6.07) is 10.00. The number of aromatic nitrogens is 1. The van der Waals surface area contributed by atoms with Crippen LogP contribution in [0.2, 0.25) is 0 Å². The zero-order valence-electron chi connectivity index (χ0n) is 12.3. The maximum absolute atomic E-state index is 11.7. The van der Waals surface area contributed by atoms with E-state index in [1.165, 1.54) is 5.56 Å². The summed E-state index contributed by atoms with van der Waals surface area (Å²) in [5.41, 5.74) is 3.09. The highest BCUT2D eigenvalue weighted by Gasteiger charge is 2.26. The van der Waals surface area contributed by atoms with Gasteiger partial charge in [-0.05, 0) is 13.8 Å². The van der Waals surface area contributed by atoms with Crippen LogP contribution in [-0.2, 0) is 11.3 Å². The Labute approximate surface area is 123 Å². The third-order valence-electron chi connectivity index (χ3n) is 3.89. The number of aryl methyl sites for hydroxylation is 1. The second-order valence-corrected chi connectivity index (χ2v) is 5.48. The molecule has 1 aromatic heterocycles. The summed E-state index contributed by atoms with van der Waals surface area (Å²) in [5, 5.41) is 6.98. The van der Waals surface area contributed by atoms with Gasteiger partial charge in [0.05, 0.1) is 12.6 Å². The van der Waals surface area contributed by atoms with Crippen LogP contribution in [0.15, 0.2) is 34.9 Å². The van der Waals surface area contributed by atoms with Gasteiger partial charge in [-0.15, -0.1) is 0 Å². The lowest BCUT2D eigenvalue weighted by atomic mass is 10.1. The summed E-state index contributed by atoms with van der Waals surface area (Å²) in [5.74, 6) is 0.853.